The fourth-order valence-electron chi connectivity index (χ4n) is 1.53. The number of hydrogen-bond acceptors (Lipinski definition) is 4. The molecular weight excluding hydrogens is 266 g/mol. The Hall–Kier alpha value is -1.91. The van der Waals surface area contributed by atoms with E-state index in [0.717, 1.165) is 0 Å². The lowest BCUT2D eigenvalue weighted by Gasteiger charge is -2.14. The van der Waals surface area contributed by atoms with Gasteiger partial charge in [-0.3, -0.25) is 4.79 Å². The summed E-state index contributed by atoms with van der Waals surface area (Å²) in [6, 6.07) is 5.37. The molecule has 0 heterocycles. The van der Waals surface area contributed by atoms with E-state index < -0.39 is 22.0 Å². The smallest absolute Gasteiger partial charge is 0.241 e. The van der Waals surface area contributed by atoms with E-state index in [2.05, 4.69) is 10.0 Å². The van der Waals surface area contributed by atoms with Gasteiger partial charge in [0.15, 0.2) is 0 Å². The van der Waals surface area contributed by atoms with Crippen molar-refractivity contribution in [1.29, 1.82) is 5.26 Å². The van der Waals surface area contributed by atoms with Crippen molar-refractivity contribution < 1.29 is 13.2 Å². The first-order valence-electron chi connectivity index (χ1n) is 5.56. The molecule has 102 valence electrons. The van der Waals surface area contributed by atoms with Gasteiger partial charge in [0.25, 0.3) is 0 Å². The third-order valence-corrected chi connectivity index (χ3v) is 4.26. The number of sulfonamides is 1. The Bertz CT molecular complexity index is 632. The molecule has 0 saturated carbocycles. The number of aryl methyl sites for hydroxylation is 1. The minimum absolute atomic E-state index is 0.00213. The van der Waals surface area contributed by atoms with Crippen LogP contribution in [-0.4, -0.2) is 27.4 Å². The summed E-state index contributed by atoms with van der Waals surface area (Å²) in [6.45, 7) is 3.07. The second-order valence-corrected chi connectivity index (χ2v) is 5.73. The summed E-state index contributed by atoms with van der Waals surface area (Å²) < 4.78 is 26.6. The molecule has 0 saturated heterocycles. The Labute approximate surface area is 112 Å². The van der Waals surface area contributed by atoms with Crippen molar-refractivity contribution >= 4 is 15.9 Å². The van der Waals surface area contributed by atoms with Crippen molar-refractivity contribution in [3.63, 3.8) is 0 Å². The topological polar surface area (TPSA) is 99.1 Å². The zero-order valence-electron chi connectivity index (χ0n) is 10.9. The summed E-state index contributed by atoms with van der Waals surface area (Å²) >= 11 is 0. The van der Waals surface area contributed by atoms with Gasteiger partial charge in [0.2, 0.25) is 15.9 Å². The van der Waals surface area contributed by atoms with Crippen LogP contribution >= 0.6 is 0 Å². The van der Waals surface area contributed by atoms with Crippen LogP contribution in [0.4, 0.5) is 0 Å². The first kappa shape index (κ1) is 15.1. The molecule has 1 aromatic carbocycles. The van der Waals surface area contributed by atoms with Crippen molar-refractivity contribution in [2.75, 3.05) is 7.05 Å². The average Bonchev–Trinajstić information content (AvgIpc) is 2.37. The van der Waals surface area contributed by atoms with Crippen LogP contribution < -0.4 is 10.0 Å². The van der Waals surface area contributed by atoms with Crippen LogP contribution in [0.3, 0.4) is 0 Å². The summed E-state index contributed by atoms with van der Waals surface area (Å²) in [5, 5.41) is 11.2. The molecule has 6 nitrogen and oxygen atoms in total. The summed E-state index contributed by atoms with van der Waals surface area (Å²) in [5.41, 5.74) is 0.758. The van der Waals surface area contributed by atoms with Gasteiger partial charge in [0.1, 0.15) is 0 Å². The molecule has 1 amide bonds. The quantitative estimate of drug-likeness (QED) is 0.828. The van der Waals surface area contributed by atoms with E-state index in [1.54, 1.807) is 13.0 Å². The molecule has 0 aliphatic carbocycles. The standard InChI is InChI=1S/C12H15N3O3S/c1-8-4-5-10(7-13)6-11(8)19(17,18)15-9(2)12(16)14-3/h4-6,9,15H,1-3H3,(H,14,16). The minimum atomic E-state index is -3.84. The van der Waals surface area contributed by atoms with Crippen LogP contribution in [0.5, 0.6) is 0 Å². The van der Waals surface area contributed by atoms with E-state index in [1.807, 2.05) is 6.07 Å². The molecule has 1 aromatic rings. The van der Waals surface area contributed by atoms with Gasteiger partial charge >= 0.3 is 0 Å². The van der Waals surface area contributed by atoms with Crippen LogP contribution in [0.1, 0.15) is 18.1 Å². The third-order valence-electron chi connectivity index (χ3n) is 2.58. The van der Waals surface area contributed by atoms with E-state index in [1.165, 1.54) is 26.1 Å². The van der Waals surface area contributed by atoms with Crippen molar-refractivity contribution in [1.82, 2.24) is 10.0 Å². The van der Waals surface area contributed by atoms with Crippen molar-refractivity contribution in [3.8, 4) is 6.07 Å². The largest absolute Gasteiger partial charge is 0.358 e. The maximum absolute atomic E-state index is 12.2. The van der Waals surface area contributed by atoms with Crippen molar-refractivity contribution in [3.05, 3.63) is 29.3 Å². The molecule has 0 aromatic heterocycles. The second-order valence-electron chi connectivity index (χ2n) is 4.05. The molecule has 1 atom stereocenters. The van der Waals surface area contributed by atoms with Crippen molar-refractivity contribution in [2.45, 2.75) is 24.8 Å². The highest BCUT2D eigenvalue weighted by Crippen LogP contribution is 2.17. The van der Waals surface area contributed by atoms with Gasteiger partial charge in [0.05, 0.1) is 22.6 Å². The first-order valence-corrected chi connectivity index (χ1v) is 7.05. The van der Waals surface area contributed by atoms with Gasteiger partial charge in [-0.15, -0.1) is 0 Å². The number of amides is 1. The Morgan fingerprint density at radius 3 is 2.58 bits per heavy atom. The minimum Gasteiger partial charge on any atom is -0.358 e. The van der Waals surface area contributed by atoms with Crippen LogP contribution in [0.15, 0.2) is 23.1 Å². The van der Waals surface area contributed by atoms with Crippen LogP contribution in [0, 0.1) is 18.3 Å². The third kappa shape index (κ3) is 3.53. The van der Waals surface area contributed by atoms with Crippen molar-refractivity contribution in [2.24, 2.45) is 0 Å². The Kier molecular flexibility index (Phi) is 4.64. The molecule has 0 bridgehead atoms. The van der Waals surface area contributed by atoms with Crippen LogP contribution in [-0.2, 0) is 14.8 Å². The second kappa shape index (κ2) is 5.82. The van der Waals surface area contributed by atoms with Gasteiger partial charge in [0, 0.05) is 7.05 Å². The lowest BCUT2D eigenvalue weighted by atomic mass is 10.2. The van der Waals surface area contributed by atoms with Crippen LogP contribution in [0.2, 0.25) is 0 Å². The predicted molar refractivity (Wildman–Crippen MR) is 69.7 cm³/mol. The predicted octanol–water partition coefficient (Wildman–Crippen LogP) is 0.279. The highest BCUT2D eigenvalue weighted by atomic mass is 32.2. The number of hydrogen-bond donors (Lipinski definition) is 2. The van der Waals surface area contributed by atoms with E-state index >= 15 is 0 Å². The molecule has 0 radical (unpaired) electrons. The monoisotopic (exact) mass is 281 g/mol. The average molecular weight is 281 g/mol. The highest BCUT2D eigenvalue weighted by molar-refractivity contribution is 7.89. The number of nitriles is 1. The highest BCUT2D eigenvalue weighted by Gasteiger charge is 2.23. The molecule has 0 aliphatic rings. The molecular formula is C12H15N3O3S. The molecule has 0 fully saturated rings. The number of nitrogens with zero attached hydrogens (tertiary/aromatic N) is 1. The number of carbonyl (C=O) groups excluding carboxylic acids is 1. The molecule has 0 aliphatic heterocycles. The molecule has 7 heteroatoms. The van der Waals surface area contributed by atoms with E-state index in [9.17, 15) is 13.2 Å². The fourth-order valence-corrected chi connectivity index (χ4v) is 3.00. The zero-order valence-corrected chi connectivity index (χ0v) is 11.7. The van der Waals surface area contributed by atoms with Gasteiger partial charge in [-0.05, 0) is 31.5 Å². The summed E-state index contributed by atoms with van der Waals surface area (Å²) in [4.78, 5) is 11.3. The van der Waals surface area contributed by atoms with E-state index in [-0.39, 0.29) is 10.5 Å². The van der Waals surface area contributed by atoms with Gasteiger partial charge < -0.3 is 5.32 Å². The Morgan fingerprint density at radius 1 is 1.42 bits per heavy atom. The SMILES string of the molecule is CNC(=O)C(C)NS(=O)(=O)c1cc(C#N)ccc1C. The number of benzene rings is 1. The van der Waals surface area contributed by atoms with Gasteiger partial charge in [-0.2, -0.15) is 9.98 Å². The normalized spacial score (nSPS) is 12.5. The number of likely N-dealkylation sites (N-methyl/N-ethyl adjacent to an activating group) is 1. The number of rotatable bonds is 4. The number of carbonyl (C=O) groups is 1. The molecule has 0 spiro atoms. The Morgan fingerprint density at radius 2 is 2.05 bits per heavy atom. The van der Waals surface area contributed by atoms with E-state index in [4.69, 9.17) is 5.26 Å². The molecule has 2 N–H and O–H groups in total. The molecule has 1 unspecified atom stereocenters. The summed E-state index contributed by atoms with van der Waals surface area (Å²) in [7, 11) is -2.41. The molecule has 1 rings (SSSR count). The fraction of sp³-hybridized carbons (Fsp3) is 0.333. The maximum Gasteiger partial charge on any atom is 0.241 e. The van der Waals surface area contributed by atoms with E-state index in [0.29, 0.717) is 5.56 Å². The van der Waals surface area contributed by atoms with Gasteiger partial charge in [-0.25, -0.2) is 8.42 Å². The molecule has 19 heavy (non-hydrogen) atoms. The van der Waals surface area contributed by atoms with Gasteiger partial charge in [-0.1, -0.05) is 6.07 Å². The lowest BCUT2D eigenvalue weighted by Crippen LogP contribution is -2.43. The maximum atomic E-state index is 12.2. The number of nitrogens with one attached hydrogen (secondary N) is 2. The van der Waals surface area contributed by atoms with Crippen LogP contribution in [0.25, 0.3) is 0 Å². The Balaban J connectivity index is 3.14. The lowest BCUT2D eigenvalue weighted by molar-refractivity contribution is -0.121. The summed E-state index contributed by atoms with van der Waals surface area (Å²) in [6.07, 6.45) is 0. The first-order chi connectivity index (χ1) is 8.81. The zero-order chi connectivity index (χ0) is 14.6. The summed E-state index contributed by atoms with van der Waals surface area (Å²) in [5.74, 6) is -0.433.